The molecule has 0 heterocycles. The van der Waals surface area contributed by atoms with Crippen molar-refractivity contribution in [3.8, 4) is 5.75 Å². The average molecular weight is 308 g/mol. The van der Waals surface area contributed by atoms with Crippen molar-refractivity contribution in [2.75, 3.05) is 0 Å². The zero-order valence-electron chi connectivity index (χ0n) is 12.2. The monoisotopic (exact) mass is 307 g/mol. The minimum Gasteiger partial charge on any atom is -0.485 e. The van der Waals surface area contributed by atoms with Gasteiger partial charge in [0.2, 0.25) is 0 Å². The van der Waals surface area contributed by atoms with Gasteiger partial charge in [-0.2, -0.15) is 0 Å². The maximum atomic E-state index is 14.0. The molecule has 0 bridgehead atoms. The lowest BCUT2D eigenvalue weighted by atomic mass is 10.1. The van der Waals surface area contributed by atoms with E-state index in [9.17, 15) is 4.39 Å². The Morgan fingerprint density at radius 1 is 1.10 bits per heavy atom. The Bertz CT molecular complexity index is 601. The molecule has 112 valence electrons. The van der Waals surface area contributed by atoms with Crippen LogP contribution < -0.4 is 10.1 Å². The molecule has 0 fully saturated rings. The van der Waals surface area contributed by atoms with E-state index in [0.29, 0.717) is 17.6 Å². The Morgan fingerprint density at radius 3 is 2.52 bits per heavy atom. The van der Waals surface area contributed by atoms with Crippen LogP contribution in [-0.4, -0.2) is 6.04 Å². The third kappa shape index (κ3) is 4.45. The van der Waals surface area contributed by atoms with Gasteiger partial charge in [0.15, 0.2) is 11.6 Å². The highest BCUT2D eigenvalue weighted by molar-refractivity contribution is 6.31. The Kier molecular flexibility index (Phi) is 5.59. The molecule has 0 unspecified atom stereocenters. The number of rotatable bonds is 6. The summed E-state index contributed by atoms with van der Waals surface area (Å²) in [6.07, 6.45) is 0. The predicted molar refractivity (Wildman–Crippen MR) is 84.2 cm³/mol. The van der Waals surface area contributed by atoms with Crippen LogP contribution in [0, 0.1) is 5.82 Å². The lowest BCUT2D eigenvalue weighted by Crippen LogP contribution is -2.22. The van der Waals surface area contributed by atoms with Gasteiger partial charge in [0.25, 0.3) is 0 Å². The Labute approximate surface area is 129 Å². The van der Waals surface area contributed by atoms with Gasteiger partial charge in [-0.3, -0.25) is 0 Å². The first kappa shape index (κ1) is 15.8. The summed E-state index contributed by atoms with van der Waals surface area (Å²) in [4.78, 5) is 0. The molecular weight excluding hydrogens is 289 g/mol. The summed E-state index contributed by atoms with van der Waals surface area (Å²) >= 11 is 6.09. The number of halogens is 2. The molecule has 1 N–H and O–H groups in total. The molecule has 0 amide bonds. The molecular formula is C17H19ClFNO. The summed E-state index contributed by atoms with van der Waals surface area (Å²) in [6.45, 7) is 4.90. The van der Waals surface area contributed by atoms with Gasteiger partial charge in [-0.05, 0) is 12.1 Å². The lowest BCUT2D eigenvalue weighted by molar-refractivity contribution is 0.286. The molecule has 2 rings (SSSR count). The fourth-order valence-corrected chi connectivity index (χ4v) is 2.12. The smallest absolute Gasteiger partial charge is 0.165 e. The van der Waals surface area contributed by atoms with Crippen LogP contribution in [0.1, 0.15) is 25.0 Å². The summed E-state index contributed by atoms with van der Waals surface area (Å²) in [5.74, 6) is -0.0734. The van der Waals surface area contributed by atoms with E-state index in [1.807, 2.05) is 38.1 Å². The fraction of sp³-hybridized carbons (Fsp3) is 0.294. The summed E-state index contributed by atoms with van der Waals surface area (Å²) in [6, 6.07) is 12.7. The molecule has 0 aliphatic heterocycles. The van der Waals surface area contributed by atoms with Gasteiger partial charge in [0, 0.05) is 28.7 Å². The zero-order valence-corrected chi connectivity index (χ0v) is 13.0. The minimum atomic E-state index is -0.356. The van der Waals surface area contributed by atoms with Gasteiger partial charge in [-0.25, -0.2) is 4.39 Å². The molecule has 0 aromatic heterocycles. The highest BCUT2D eigenvalue weighted by Crippen LogP contribution is 2.25. The van der Waals surface area contributed by atoms with Crippen LogP contribution in [0.2, 0.25) is 5.02 Å². The number of benzene rings is 2. The first-order valence-corrected chi connectivity index (χ1v) is 7.32. The van der Waals surface area contributed by atoms with Crippen molar-refractivity contribution in [3.63, 3.8) is 0 Å². The van der Waals surface area contributed by atoms with Crippen LogP contribution >= 0.6 is 11.6 Å². The maximum Gasteiger partial charge on any atom is 0.165 e. The van der Waals surface area contributed by atoms with E-state index in [-0.39, 0.29) is 18.2 Å². The van der Waals surface area contributed by atoms with Crippen molar-refractivity contribution >= 4 is 11.6 Å². The van der Waals surface area contributed by atoms with E-state index in [1.54, 1.807) is 12.1 Å². The summed E-state index contributed by atoms with van der Waals surface area (Å²) in [7, 11) is 0. The summed E-state index contributed by atoms with van der Waals surface area (Å²) < 4.78 is 19.7. The largest absolute Gasteiger partial charge is 0.485 e. The number of hydrogen-bond acceptors (Lipinski definition) is 2. The second-order valence-corrected chi connectivity index (χ2v) is 5.55. The van der Waals surface area contributed by atoms with Crippen LogP contribution in [0.25, 0.3) is 0 Å². The number of para-hydroxylation sites is 1. The van der Waals surface area contributed by atoms with Crippen molar-refractivity contribution in [2.45, 2.75) is 33.0 Å². The maximum absolute atomic E-state index is 14.0. The zero-order chi connectivity index (χ0) is 15.2. The molecule has 2 aromatic carbocycles. The molecule has 0 aliphatic rings. The van der Waals surface area contributed by atoms with Crippen molar-refractivity contribution in [1.82, 2.24) is 5.32 Å². The number of hydrogen-bond donors (Lipinski definition) is 1. The second kappa shape index (κ2) is 7.43. The Hall–Kier alpha value is -1.58. The topological polar surface area (TPSA) is 21.3 Å². The molecule has 0 saturated heterocycles. The minimum absolute atomic E-state index is 0.245. The highest BCUT2D eigenvalue weighted by Gasteiger charge is 2.11. The van der Waals surface area contributed by atoms with Crippen molar-refractivity contribution < 1.29 is 9.13 Å². The number of nitrogens with one attached hydrogen (secondary N) is 1. The van der Waals surface area contributed by atoms with Gasteiger partial charge in [-0.15, -0.1) is 0 Å². The van der Waals surface area contributed by atoms with E-state index in [2.05, 4.69) is 5.32 Å². The molecule has 0 atom stereocenters. The Morgan fingerprint density at radius 2 is 1.81 bits per heavy atom. The van der Waals surface area contributed by atoms with Gasteiger partial charge in [0.05, 0.1) is 0 Å². The molecule has 0 aliphatic carbocycles. The second-order valence-electron chi connectivity index (χ2n) is 5.14. The SMILES string of the molecule is CC(C)NCc1cccc(F)c1OCc1ccccc1Cl. The molecule has 21 heavy (non-hydrogen) atoms. The molecule has 2 nitrogen and oxygen atoms in total. The van der Waals surface area contributed by atoms with Gasteiger partial charge in [-0.1, -0.05) is 55.8 Å². The van der Waals surface area contributed by atoms with Crippen molar-refractivity contribution in [3.05, 3.63) is 64.4 Å². The van der Waals surface area contributed by atoms with E-state index < -0.39 is 0 Å². The molecule has 2 aromatic rings. The highest BCUT2D eigenvalue weighted by atomic mass is 35.5. The fourth-order valence-electron chi connectivity index (χ4n) is 1.93. The van der Waals surface area contributed by atoms with Gasteiger partial charge in [0.1, 0.15) is 6.61 Å². The van der Waals surface area contributed by atoms with Crippen LogP contribution in [0.15, 0.2) is 42.5 Å². The molecule has 0 spiro atoms. The Balaban J connectivity index is 2.13. The van der Waals surface area contributed by atoms with Crippen molar-refractivity contribution in [1.29, 1.82) is 0 Å². The van der Waals surface area contributed by atoms with Crippen LogP contribution in [0.4, 0.5) is 4.39 Å². The summed E-state index contributed by atoms with van der Waals surface area (Å²) in [5.41, 5.74) is 1.64. The van der Waals surface area contributed by atoms with Gasteiger partial charge >= 0.3 is 0 Å². The first-order chi connectivity index (χ1) is 10.1. The molecule has 0 saturated carbocycles. The quantitative estimate of drug-likeness (QED) is 0.845. The number of ether oxygens (including phenoxy) is 1. The van der Waals surface area contributed by atoms with E-state index >= 15 is 0 Å². The van der Waals surface area contributed by atoms with E-state index in [1.165, 1.54) is 6.07 Å². The van der Waals surface area contributed by atoms with Crippen LogP contribution in [-0.2, 0) is 13.2 Å². The lowest BCUT2D eigenvalue weighted by Gasteiger charge is -2.15. The van der Waals surface area contributed by atoms with E-state index in [4.69, 9.17) is 16.3 Å². The standard InChI is InChI=1S/C17H19ClFNO/c1-12(2)20-10-13-7-5-9-16(19)17(13)21-11-14-6-3-4-8-15(14)18/h3-9,12,20H,10-11H2,1-2H3. The van der Waals surface area contributed by atoms with Crippen molar-refractivity contribution in [2.24, 2.45) is 0 Å². The van der Waals surface area contributed by atoms with Gasteiger partial charge < -0.3 is 10.1 Å². The molecule has 0 radical (unpaired) electrons. The van der Waals surface area contributed by atoms with Crippen LogP contribution in [0.3, 0.4) is 0 Å². The predicted octanol–water partition coefficient (Wildman–Crippen LogP) is 4.56. The normalized spacial score (nSPS) is 10.9. The molecule has 4 heteroatoms. The third-order valence-corrected chi connectivity index (χ3v) is 3.45. The average Bonchev–Trinajstić information content (AvgIpc) is 2.45. The van der Waals surface area contributed by atoms with Crippen LogP contribution in [0.5, 0.6) is 5.75 Å². The summed E-state index contributed by atoms with van der Waals surface area (Å²) in [5, 5.41) is 3.89. The van der Waals surface area contributed by atoms with E-state index in [0.717, 1.165) is 11.1 Å². The first-order valence-electron chi connectivity index (χ1n) is 6.95. The third-order valence-electron chi connectivity index (χ3n) is 3.08.